The van der Waals surface area contributed by atoms with Gasteiger partial charge in [-0.15, -0.1) is 0 Å². The lowest BCUT2D eigenvalue weighted by Crippen LogP contribution is -2.23. The second kappa shape index (κ2) is 7.06. The highest BCUT2D eigenvalue weighted by Gasteiger charge is 2.09. The minimum atomic E-state index is 0.0301. The van der Waals surface area contributed by atoms with Gasteiger partial charge in [-0.2, -0.15) is 0 Å². The van der Waals surface area contributed by atoms with E-state index in [-0.39, 0.29) is 6.10 Å². The molecule has 0 radical (unpaired) electrons. The number of nitrogens with one attached hydrogen (secondary N) is 1. The lowest BCUT2D eigenvalue weighted by molar-refractivity contribution is 0.231. The number of benzene rings is 2. The van der Waals surface area contributed by atoms with Gasteiger partial charge in [0.2, 0.25) is 0 Å². The number of anilines is 1. The van der Waals surface area contributed by atoms with Gasteiger partial charge in [-0.05, 0) is 50.1 Å². The summed E-state index contributed by atoms with van der Waals surface area (Å²) in [5, 5.41) is 4.53. The van der Waals surface area contributed by atoms with Crippen molar-refractivity contribution in [3.8, 4) is 5.75 Å². The average molecular weight is 324 g/mol. The first-order valence-electron chi connectivity index (χ1n) is 6.88. The largest absolute Gasteiger partial charge is 0.488 e. The van der Waals surface area contributed by atoms with E-state index in [2.05, 4.69) is 31.3 Å². The zero-order chi connectivity index (χ0) is 15.4. The van der Waals surface area contributed by atoms with Crippen molar-refractivity contribution in [1.29, 1.82) is 0 Å². The number of hydrogen-bond donors (Lipinski definition) is 1. The number of rotatable bonds is 5. The van der Waals surface area contributed by atoms with Crippen LogP contribution in [0, 0.1) is 13.8 Å². The van der Waals surface area contributed by atoms with Gasteiger partial charge in [0.15, 0.2) is 0 Å². The van der Waals surface area contributed by atoms with E-state index in [1.165, 1.54) is 0 Å². The molecule has 0 heterocycles. The van der Waals surface area contributed by atoms with E-state index < -0.39 is 0 Å². The first-order valence-corrected chi connectivity index (χ1v) is 7.64. The third-order valence-corrected chi connectivity index (χ3v) is 3.62. The first kappa shape index (κ1) is 16.0. The fourth-order valence-electron chi connectivity index (χ4n) is 2.15. The molecule has 0 fully saturated rings. The van der Waals surface area contributed by atoms with Crippen LogP contribution in [-0.2, 0) is 0 Å². The van der Waals surface area contributed by atoms with Gasteiger partial charge >= 0.3 is 0 Å². The number of hydrogen-bond acceptors (Lipinski definition) is 2. The Morgan fingerprint density at radius 1 is 1.05 bits per heavy atom. The van der Waals surface area contributed by atoms with Gasteiger partial charge < -0.3 is 10.1 Å². The molecule has 1 unspecified atom stereocenters. The van der Waals surface area contributed by atoms with Crippen molar-refractivity contribution in [2.45, 2.75) is 26.9 Å². The fraction of sp³-hybridized carbons (Fsp3) is 0.294. The van der Waals surface area contributed by atoms with Gasteiger partial charge in [-0.1, -0.05) is 41.4 Å². The molecule has 4 heteroatoms. The molecule has 21 heavy (non-hydrogen) atoms. The Hall–Kier alpha value is -1.38. The van der Waals surface area contributed by atoms with Crippen LogP contribution in [0.5, 0.6) is 5.75 Å². The zero-order valence-electron chi connectivity index (χ0n) is 12.4. The van der Waals surface area contributed by atoms with Gasteiger partial charge in [0.1, 0.15) is 11.9 Å². The normalized spacial score (nSPS) is 12.0. The molecule has 2 rings (SSSR count). The van der Waals surface area contributed by atoms with Gasteiger partial charge in [0.25, 0.3) is 0 Å². The summed E-state index contributed by atoms with van der Waals surface area (Å²) >= 11 is 12.0. The molecular formula is C17H19Cl2NO. The maximum Gasteiger partial charge on any atom is 0.125 e. The Labute approximate surface area is 136 Å². The third-order valence-electron chi connectivity index (χ3n) is 3.18. The van der Waals surface area contributed by atoms with Gasteiger partial charge in [0, 0.05) is 15.7 Å². The van der Waals surface area contributed by atoms with Crippen molar-refractivity contribution in [2.75, 3.05) is 11.9 Å². The van der Waals surface area contributed by atoms with Crippen molar-refractivity contribution in [3.05, 3.63) is 57.6 Å². The molecule has 0 aliphatic carbocycles. The Morgan fingerprint density at radius 2 is 1.62 bits per heavy atom. The molecule has 0 aliphatic heterocycles. The Morgan fingerprint density at radius 3 is 2.19 bits per heavy atom. The van der Waals surface area contributed by atoms with Crippen LogP contribution in [0.4, 0.5) is 5.69 Å². The molecule has 1 atom stereocenters. The van der Waals surface area contributed by atoms with E-state index in [4.69, 9.17) is 27.9 Å². The van der Waals surface area contributed by atoms with Crippen molar-refractivity contribution in [2.24, 2.45) is 0 Å². The van der Waals surface area contributed by atoms with Crippen molar-refractivity contribution in [3.63, 3.8) is 0 Å². The molecule has 0 saturated heterocycles. The van der Waals surface area contributed by atoms with E-state index in [1.807, 2.05) is 25.1 Å². The lowest BCUT2D eigenvalue weighted by Gasteiger charge is -2.19. The first-order chi connectivity index (χ1) is 9.95. The predicted molar refractivity (Wildman–Crippen MR) is 91.0 cm³/mol. The molecule has 0 aromatic heterocycles. The van der Waals surface area contributed by atoms with E-state index in [1.54, 1.807) is 6.07 Å². The van der Waals surface area contributed by atoms with E-state index in [0.29, 0.717) is 16.6 Å². The summed E-state index contributed by atoms with van der Waals surface area (Å²) in [6, 6.07) is 11.6. The Bertz CT molecular complexity index is 588. The summed E-state index contributed by atoms with van der Waals surface area (Å²) in [7, 11) is 0. The van der Waals surface area contributed by atoms with Crippen LogP contribution in [0.2, 0.25) is 10.0 Å². The number of para-hydroxylation sites is 1. The van der Waals surface area contributed by atoms with Crippen LogP contribution in [-0.4, -0.2) is 12.6 Å². The molecule has 0 amide bonds. The average Bonchev–Trinajstić information content (AvgIpc) is 2.40. The second-order valence-electron chi connectivity index (χ2n) is 5.19. The summed E-state index contributed by atoms with van der Waals surface area (Å²) < 4.78 is 6.03. The summed E-state index contributed by atoms with van der Waals surface area (Å²) in [5.74, 6) is 0.955. The summed E-state index contributed by atoms with van der Waals surface area (Å²) in [5.41, 5.74) is 3.18. The molecule has 2 nitrogen and oxygen atoms in total. The number of aryl methyl sites for hydroxylation is 2. The molecule has 0 bridgehead atoms. The standard InChI is InChI=1S/C17H19Cl2NO/c1-11-5-4-6-12(2)17(11)21-13(3)10-20-16-8-14(18)7-15(19)9-16/h4-9,13,20H,10H2,1-3H3. The molecule has 2 aromatic carbocycles. The summed E-state index contributed by atoms with van der Waals surface area (Å²) in [6.07, 6.45) is 0.0301. The molecular weight excluding hydrogens is 305 g/mol. The van der Waals surface area contributed by atoms with Crippen LogP contribution in [0.3, 0.4) is 0 Å². The topological polar surface area (TPSA) is 21.3 Å². The minimum absolute atomic E-state index is 0.0301. The molecule has 0 saturated carbocycles. The van der Waals surface area contributed by atoms with Crippen molar-refractivity contribution < 1.29 is 4.74 Å². The predicted octanol–water partition coefficient (Wildman–Crippen LogP) is 5.49. The van der Waals surface area contributed by atoms with Crippen LogP contribution >= 0.6 is 23.2 Å². The summed E-state index contributed by atoms with van der Waals surface area (Å²) in [4.78, 5) is 0. The van der Waals surface area contributed by atoms with Crippen LogP contribution in [0.15, 0.2) is 36.4 Å². The monoisotopic (exact) mass is 323 g/mol. The second-order valence-corrected chi connectivity index (χ2v) is 6.06. The van der Waals surface area contributed by atoms with Crippen LogP contribution in [0.1, 0.15) is 18.1 Å². The highest BCUT2D eigenvalue weighted by molar-refractivity contribution is 6.35. The number of halogens is 2. The SMILES string of the molecule is Cc1cccc(C)c1OC(C)CNc1cc(Cl)cc(Cl)c1. The van der Waals surface area contributed by atoms with Gasteiger partial charge in [-0.25, -0.2) is 0 Å². The number of ether oxygens (including phenoxy) is 1. The highest BCUT2D eigenvalue weighted by atomic mass is 35.5. The summed E-state index contributed by atoms with van der Waals surface area (Å²) in [6.45, 7) is 6.81. The smallest absolute Gasteiger partial charge is 0.125 e. The lowest BCUT2D eigenvalue weighted by atomic mass is 10.1. The van der Waals surface area contributed by atoms with Crippen LogP contribution < -0.4 is 10.1 Å². The van der Waals surface area contributed by atoms with Gasteiger partial charge in [-0.3, -0.25) is 0 Å². The van der Waals surface area contributed by atoms with E-state index >= 15 is 0 Å². The van der Waals surface area contributed by atoms with Crippen molar-refractivity contribution >= 4 is 28.9 Å². The Balaban J connectivity index is 1.97. The van der Waals surface area contributed by atoms with E-state index in [0.717, 1.165) is 22.6 Å². The molecule has 112 valence electrons. The van der Waals surface area contributed by atoms with Crippen LogP contribution in [0.25, 0.3) is 0 Å². The van der Waals surface area contributed by atoms with Gasteiger partial charge in [0.05, 0.1) is 6.54 Å². The van der Waals surface area contributed by atoms with E-state index in [9.17, 15) is 0 Å². The molecule has 1 N–H and O–H groups in total. The maximum absolute atomic E-state index is 6.03. The maximum atomic E-state index is 6.03. The minimum Gasteiger partial charge on any atom is -0.488 e. The molecule has 2 aromatic rings. The third kappa shape index (κ3) is 4.55. The zero-order valence-corrected chi connectivity index (χ0v) is 13.9. The molecule has 0 spiro atoms. The Kier molecular flexibility index (Phi) is 5.38. The highest BCUT2D eigenvalue weighted by Crippen LogP contribution is 2.25. The fourth-order valence-corrected chi connectivity index (χ4v) is 2.67. The quantitative estimate of drug-likeness (QED) is 0.785. The van der Waals surface area contributed by atoms with Crippen molar-refractivity contribution in [1.82, 2.24) is 0 Å². The molecule has 0 aliphatic rings.